The zero-order valence-electron chi connectivity index (χ0n) is 8.46. The number of aromatic nitrogens is 3. The molecule has 1 atom stereocenters. The molecule has 0 amide bonds. The molecule has 0 spiro atoms. The van der Waals surface area contributed by atoms with E-state index in [4.69, 9.17) is 5.73 Å². The van der Waals surface area contributed by atoms with Gasteiger partial charge in [-0.05, 0) is 35.7 Å². The van der Waals surface area contributed by atoms with Gasteiger partial charge in [0.05, 0.1) is 12.2 Å². The van der Waals surface area contributed by atoms with Crippen molar-refractivity contribution in [3.63, 3.8) is 0 Å². The second kappa shape index (κ2) is 4.14. The highest BCUT2D eigenvalue weighted by atomic mass is 15.1. The lowest BCUT2D eigenvalue weighted by Gasteiger charge is -2.13. The number of rotatable bonds is 2. The average Bonchev–Trinajstić information content (AvgIpc) is 2.30. The van der Waals surface area contributed by atoms with Crippen LogP contribution in [-0.4, -0.2) is 15.2 Å². The molecule has 0 radical (unpaired) electrons. The van der Waals surface area contributed by atoms with Crippen LogP contribution >= 0.6 is 0 Å². The van der Waals surface area contributed by atoms with E-state index in [1.54, 1.807) is 24.8 Å². The summed E-state index contributed by atoms with van der Waals surface area (Å²) in [6.45, 7) is 2.02. The van der Waals surface area contributed by atoms with Crippen molar-refractivity contribution in [1.29, 1.82) is 0 Å². The average molecular weight is 200 g/mol. The van der Waals surface area contributed by atoms with Crippen molar-refractivity contribution in [2.45, 2.75) is 13.0 Å². The molecular weight excluding hydrogens is 188 g/mol. The van der Waals surface area contributed by atoms with E-state index >= 15 is 0 Å². The summed E-state index contributed by atoms with van der Waals surface area (Å²) in [5.41, 5.74) is 9.21. The number of nitrogens with two attached hydrogens (primary N) is 1. The molecule has 76 valence electrons. The molecule has 15 heavy (non-hydrogen) atoms. The molecule has 0 aliphatic heterocycles. The van der Waals surface area contributed by atoms with Crippen LogP contribution in [0.3, 0.4) is 0 Å². The first-order chi connectivity index (χ1) is 7.29. The van der Waals surface area contributed by atoms with Gasteiger partial charge >= 0.3 is 0 Å². The highest BCUT2D eigenvalue weighted by Gasteiger charge is 2.11. The fourth-order valence-electron chi connectivity index (χ4n) is 1.47. The first-order valence-corrected chi connectivity index (χ1v) is 4.71. The van der Waals surface area contributed by atoms with Crippen LogP contribution in [-0.2, 0) is 0 Å². The summed E-state index contributed by atoms with van der Waals surface area (Å²) in [6, 6.07) is 3.63. The molecule has 0 aliphatic rings. The number of aryl methyl sites for hydroxylation is 1. The third-order valence-electron chi connectivity index (χ3n) is 2.38. The second-order valence-corrected chi connectivity index (χ2v) is 3.39. The van der Waals surface area contributed by atoms with Crippen LogP contribution in [0, 0.1) is 6.92 Å². The highest BCUT2D eigenvalue weighted by molar-refractivity contribution is 5.32. The molecule has 0 bridgehead atoms. The lowest BCUT2D eigenvalue weighted by atomic mass is 9.99. The minimum absolute atomic E-state index is 0.186. The van der Waals surface area contributed by atoms with Crippen molar-refractivity contribution in [3.8, 4) is 0 Å². The van der Waals surface area contributed by atoms with Gasteiger partial charge in [0.25, 0.3) is 0 Å². The van der Waals surface area contributed by atoms with Crippen molar-refractivity contribution in [3.05, 3.63) is 53.6 Å². The van der Waals surface area contributed by atoms with E-state index in [1.165, 1.54) is 0 Å². The van der Waals surface area contributed by atoms with Gasteiger partial charge in [-0.25, -0.2) is 0 Å². The zero-order chi connectivity index (χ0) is 10.7. The fraction of sp³-hybridized carbons (Fsp3) is 0.182. The van der Waals surface area contributed by atoms with Crippen molar-refractivity contribution in [2.75, 3.05) is 0 Å². The summed E-state index contributed by atoms with van der Waals surface area (Å²) in [5, 5.41) is 7.53. The van der Waals surface area contributed by atoms with Crippen LogP contribution in [0.15, 0.2) is 36.9 Å². The fourth-order valence-corrected chi connectivity index (χ4v) is 1.47. The van der Waals surface area contributed by atoms with Gasteiger partial charge in [-0.3, -0.25) is 4.98 Å². The van der Waals surface area contributed by atoms with Crippen molar-refractivity contribution >= 4 is 0 Å². The van der Waals surface area contributed by atoms with Crippen LogP contribution in [0.5, 0.6) is 0 Å². The predicted molar refractivity (Wildman–Crippen MR) is 57.0 cm³/mol. The molecule has 0 aliphatic carbocycles. The molecule has 0 saturated heterocycles. The Morgan fingerprint density at radius 2 is 2.00 bits per heavy atom. The molecule has 0 fully saturated rings. The largest absolute Gasteiger partial charge is 0.320 e. The van der Waals surface area contributed by atoms with E-state index in [0.717, 1.165) is 16.7 Å². The normalized spacial score (nSPS) is 12.4. The maximum Gasteiger partial charge on any atom is 0.0586 e. The van der Waals surface area contributed by atoms with Gasteiger partial charge < -0.3 is 5.73 Å². The lowest BCUT2D eigenvalue weighted by Crippen LogP contribution is -2.13. The monoisotopic (exact) mass is 200 g/mol. The maximum atomic E-state index is 6.11. The van der Waals surface area contributed by atoms with Gasteiger partial charge in [-0.2, -0.15) is 10.2 Å². The van der Waals surface area contributed by atoms with Gasteiger partial charge in [-0.1, -0.05) is 0 Å². The molecule has 0 aromatic carbocycles. The number of hydrogen-bond donors (Lipinski definition) is 1. The summed E-state index contributed by atoms with van der Waals surface area (Å²) < 4.78 is 0. The van der Waals surface area contributed by atoms with Crippen molar-refractivity contribution in [1.82, 2.24) is 15.2 Å². The Balaban J connectivity index is 2.37. The minimum Gasteiger partial charge on any atom is -0.320 e. The Morgan fingerprint density at radius 1 is 1.13 bits per heavy atom. The molecule has 1 unspecified atom stereocenters. The Hall–Kier alpha value is -1.81. The van der Waals surface area contributed by atoms with E-state index in [-0.39, 0.29) is 6.04 Å². The summed E-state index contributed by atoms with van der Waals surface area (Å²) >= 11 is 0. The predicted octanol–water partition coefficient (Wildman–Crippen LogP) is 1.23. The summed E-state index contributed by atoms with van der Waals surface area (Å²) in [4.78, 5) is 4.08. The van der Waals surface area contributed by atoms with Crippen LogP contribution in [0.25, 0.3) is 0 Å². The van der Waals surface area contributed by atoms with Crippen molar-refractivity contribution < 1.29 is 0 Å². The molecule has 0 saturated carbocycles. The Labute approximate surface area is 88.2 Å². The Morgan fingerprint density at radius 3 is 2.67 bits per heavy atom. The third kappa shape index (κ3) is 1.99. The number of pyridine rings is 1. The molecule has 2 aromatic rings. The van der Waals surface area contributed by atoms with E-state index in [2.05, 4.69) is 15.2 Å². The van der Waals surface area contributed by atoms with Crippen LogP contribution in [0.4, 0.5) is 0 Å². The summed E-state index contributed by atoms with van der Waals surface area (Å²) in [7, 11) is 0. The highest BCUT2D eigenvalue weighted by Crippen LogP contribution is 2.20. The summed E-state index contributed by atoms with van der Waals surface area (Å²) in [6.07, 6.45) is 6.87. The van der Waals surface area contributed by atoms with E-state index in [9.17, 15) is 0 Å². The topological polar surface area (TPSA) is 64.7 Å². The molecule has 4 nitrogen and oxygen atoms in total. The third-order valence-corrected chi connectivity index (χ3v) is 2.38. The SMILES string of the molecule is Cc1ccncc1C(N)c1ccnnc1. The van der Waals surface area contributed by atoms with Gasteiger partial charge in [0.15, 0.2) is 0 Å². The quantitative estimate of drug-likeness (QED) is 0.791. The van der Waals surface area contributed by atoms with Gasteiger partial charge in [0.1, 0.15) is 0 Å². The zero-order valence-corrected chi connectivity index (χ0v) is 8.46. The van der Waals surface area contributed by atoms with E-state index < -0.39 is 0 Å². The van der Waals surface area contributed by atoms with Gasteiger partial charge in [-0.15, -0.1) is 0 Å². The first kappa shape index (κ1) is 9.73. The molecular formula is C11H12N4. The molecule has 2 aromatic heterocycles. The molecule has 2 N–H and O–H groups in total. The Bertz CT molecular complexity index is 441. The lowest BCUT2D eigenvalue weighted by molar-refractivity contribution is 0.831. The van der Waals surface area contributed by atoms with Crippen LogP contribution < -0.4 is 5.73 Å². The van der Waals surface area contributed by atoms with E-state index in [1.807, 2.05) is 19.1 Å². The van der Waals surface area contributed by atoms with Crippen LogP contribution in [0.2, 0.25) is 0 Å². The van der Waals surface area contributed by atoms with Gasteiger partial charge in [0.2, 0.25) is 0 Å². The molecule has 4 heteroatoms. The maximum absolute atomic E-state index is 6.11. The van der Waals surface area contributed by atoms with Crippen molar-refractivity contribution in [2.24, 2.45) is 5.73 Å². The smallest absolute Gasteiger partial charge is 0.0586 e. The van der Waals surface area contributed by atoms with Crippen LogP contribution in [0.1, 0.15) is 22.7 Å². The second-order valence-electron chi connectivity index (χ2n) is 3.39. The minimum atomic E-state index is -0.186. The standard InChI is InChI=1S/C11H12N4/c1-8-2-4-13-7-10(8)11(12)9-3-5-14-15-6-9/h2-7,11H,12H2,1H3. The Kier molecular flexibility index (Phi) is 2.69. The number of nitrogens with zero attached hydrogens (tertiary/aromatic N) is 3. The molecule has 2 rings (SSSR count). The summed E-state index contributed by atoms with van der Waals surface area (Å²) in [5.74, 6) is 0. The van der Waals surface area contributed by atoms with Gasteiger partial charge in [0, 0.05) is 18.6 Å². The molecule has 2 heterocycles. The van der Waals surface area contributed by atoms with E-state index in [0.29, 0.717) is 0 Å². The first-order valence-electron chi connectivity index (χ1n) is 4.71. The number of hydrogen-bond acceptors (Lipinski definition) is 4.